The highest BCUT2D eigenvalue weighted by molar-refractivity contribution is 5.44. The van der Waals surface area contributed by atoms with E-state index in [2.05, 4.69) is 0 Å². The number of furan rings is 1. The van der Waals surface area contributed by atoms with Crippen molar-refractivity contribution in [2.75, 3.05) is 14.2 Å². The molecule has 0 aliphatic heterocycles. The van der Waals surface area contributed by atoms with Gasteiger partial charge in [0.25, 0.3) is 0 Å². The van der Waals surface area contributed by atoms with Gasteiger partial charge in [0.05, 0.1) is 26.7 Å². The number of methoxy groups -OCH3 is 2. The molecule has 0 fully saturated rings. The van der Waals surface area contributed by atoms with Gasteiger partial charge in [0.1, 0.15) is 17.6 Å². The zero-order valence-corrected chi connectivity index (χ0v) is 9.71. The molecule has 1 aromatic heterocycles. The molecule has 1 N–H and O–H groups in total. The lowest BCUT2D eigenvalue weighted by Gasteiger charge is -2.14. The third kappa shape index (κ3) is 2.26. The van der Waals surface area contributed by atoms with Crippen LogP contribution >= 0.6 is 0 Å². The molecule has 0 radical (unpaired) electrons. The molecule has 1 unspecified atom stereocenters. The molecule has 0 saturated heterocycles. The molecule has 0 bridgehead atoms. The second-order valence-electron chi connectivity index (χ2n) is 3.57. The van der Waals surface area contributed by atoms with Gasteiger partial charge in [0.15, 0.2) is 0 Å². The fraction of sp³-hybridized carbons (Fsp3) is 0.231. The van der Waals surface area contributed by atoms with Gasteiger partial charge in [-0.05, 0) is 18.2 Å². The highest BCUT2D eigenvalue weighted by Gasteiger charge is 2.16. The Hall–Kier alpha value is -1.94. The Bertz CT molecular complexity index is 476. The Morgan fingerprint density at radius 2 is 2.00 bits per heavy atom. The molecule has 2 rings (SSSR count). The zero-order chi connectivity index (χ0) is 12.3. The van der Waals surface area contributed by atoms with Gasteiger partial charge in [0, 0.05) is 17.2 Å². The van der Waals surface area contributed by atoms with Crippen LogP contribution in [0.5, 0.6) is 11.5 Å². The Morgan fingerprint density at radius 1 is 1.18 bits per heavy atom. The van der Waals surface area contributed by atoms with Crippen LogP contribution in [0, 0.1) is 0 Å². The SMILES string of the molecule is COc1ccc(C(O)c2ccoc2)c(OC)c1. The monoisotopic (exact) mass is 234 g/mol. The normalized spacial score (nSPS) is 12.2. The largest absolute Gasteiger partial charge is 0.497 e. The van der Waals surface area contributed by atoms with E-state index in [9.17, 15) is 5.11 Å². The fourth-order valence-corrected chi connectivity index (χ4v) is 1.65. The van der Waals surface area contributed by atoms with Crippen LogP contribution in [0.1, 0.15) is 17.2 Å². The quantitative estimate of drug-likeness (QED) is 0.882. The molecule has 1 atom stereocenters. The van der Waals surface area contributed by atoms with Crippen molar-refractivity contribution in [3.63, 3.8) is 0 Å². The summed E-state index contributed by atoms with van der Waals surface area (Å²) in [6.45, 7) is 0. The number of hydrogen-bond acceptors (Lipinski definition) is 4. The first kappa shape index (κ1) is 11.5. The summed E-state index contributed by atoms with van der Waals surface area (Å²) in [7, 11) is 3.14. The summed E-state index contributed by atoms with van der Waals surface area (Å²) in [6, 6.07) is 7.00. The fourth-order valence-electron chi connectivity index (χ4n) is 1.65. The second-order valence-corrected chi connectivity index (χ2v) is 3.57. The molecule has 0 amide bonds. The number of aliphatic hydroxyl groups is 1. The van der Waals surface area contributed by atoms with Crippen molar-refractivity contribution < 1.29 is 19.0 Å². The highest BCUT2D eigenvalue weighted by atomic mass is 16.5. The molecule has 1 aromatic carbocycles. The minimum Gasteiger partial charge on any atom is -0.497 e. The van der Waals surface area contributed by atoms with E-state index in [1.165, 1.54) is 12.5 Å². The summed E-state index contributed by atoms with van der Waals surface area (Å²) in [5.41, 5.74) is 1.36. The predicted octanol–water partition coefficient (Wildman–Crippen LogP) is 2.38. The third-order valence-corrected chi connectivity index (χ3v) is 2.59. The van der Waals surface area contributed by atoms with Crippen molar-refractivity contribution in [2.45, 2.75) is 6.10 Å². The summed E-state index contributed by atoms with van der Waals surface area (Å²) >= 11 is 0. The summed E-state index contributed by atoms with van der Waals surface area (Å²) in [6.07, 6.45) is 2.26. The van der Waals surface area contributed by atoms with Crippen molar-refractivity contribution >= 4 is 0 Å². The van der Waals surface area contributed by atoms with Gasteiger partial charge in [0.2, 0.25) is 0 Å². The Kier molecular flexibility index (Phi) is 3.35. The number of ether oxygens (including phenoxy) is 2. The maximum atomic E-state index is 10.2. The molecule has 0 aliphatic carbocycles. The summed E-state index contributed by atoms with van der Waals surface area (Å²) in [5.74, 6) is 1.27. The minimum atomic E-state index is -0.769. The van der Waals surface area contributed by atoms with Crippen LogP contribution in [-0.2, 0) is 0 Å². The lowest BCUT2D eigenvalue weighted by molar-refractivity contribution is 0.213. The van der Waals surface area contributed by atoms with Crippen LogP contribution < -0.4 is 9.47 Å². The molecular weight excluding hydrogens is 220 g/mol. The van der Waals surface area contributed by atoms with Crippen molar-refractivity contribution in [1.82, 2.24) is 0 Å². The van der Waals surface area contributed by atoms with E-state index in [1.807, 2.05) is 0 Å². The van der Waals surface area contributed by atoms with Gasteiger partial charge >= 0.3 is 0 Å². The van der Waals surface area contributed by atoms with Crippen molar-refractivity contribution in [1.29, 1.82) is 0 Å². The molecule has 2 aromatic rings. The van der Waals surface area contributed by atoms with Crippen molar-refractivity contribution in [3.8, 4) is 11.5 Å². The minimum absolute atomic E-state index is 0.582. The van der Waals surface area contributed by atoms with Crippen LogP contribution in [0.15, 0.2) is 41.2 Å². The molecule has 17 heavy (non-hydrogen) atoms. The van der Waals surface area contributed by atoms with Gasteiger partial charge in [-0.3, -0.25) is 0 Å². The molecule has 0 aliphatic rings. The first-order valence-electron chi connectivity index (χ1n) is 5.18. The molecule has 1 heterocycles. The first-order chi connectivity index (χ1) is 8.26. The van der Waals surface area contributed by atoms with Gasteiger partial charge in [-0.1, -0.05) is 0 Å². The average Bonchev–Trinajstić information content (AvgIpc) is 2.91. The summed E-state index contributed by atoms with van der Waals surface area (Å²) < 4.78 is 15.3. The average molecular weight is 234 g/mol. The number of hydrogen-bond donors (Lipinski definition) is 1. The Balaban J connectivity index is 2.38. The standard InChI is InChI=1S/C13H14O4/c1-15-10-3-4-11(12(7-10)16-2)13(14)9-5-6-17-8-9/h3-8,13-14H,1-2H3. The molecule has 4 nitrogen and oxygen atoms in total. The van der Waals surface area contributed by atoms with Crippen LogP contribution in [0.3, 0.4) is 0 Å². The van der Waals surface area contributed by atoms with Crippen molar-refractivity contribution in [2.24, 2.45) is 0 Å². The van der Waals surface area contributed by atoms with Gasteiger partial charge in [-0.25, -0.2) is 0 Å². The van der Waals surface area contributed by atoms with E-state index in [0.717, 1.165) is 0 Å². The van der Waals surface area contributed by atoms with E-state index in [0.29, 0.717) is 22.6 Å². The van der Waals surface area contributed by atoms with E-state index in [1.54, 1.807) is 38.5 Å². The molecular formula is C13H14O4. The molecule has 4 heteroatoms. The highest BCUT2D eigenvalue weighted by Crippen LogP contribution is 2.32. The van der Waals surface area contributed by atoms with Gasteiger partial charge < -0.3 is 19.0 Å². The van der Waals surface area contributed by atoms with E-state index in [4.69, 9.17) is 13.9 Å². The second kappa shape index (κ2) is 4.93. The van der Waals surface area contributed by atoms with Crippen LogP contribution in [-0.4, -0.2) is 19.3 Å². The molecule has 0 saturated carbocycles. The lowest BCUT2D eigenvalue weighted by Crippen LogP contribution is -2.01. The number of aliphatic hydroxyl groups excluding tert-OH is 1. The predicted molar refractivity (Wildman–Crippen MR) is 62.3 cm³/mol. The maximum Gasteiger partial charge on any atom is 0.128 e. The van der Waals surface area contributed by atoms with Gasteiger partial charge in [-0.2, -0.15) is 0 Å². The number of benzene rings is 1. The summed E-state index contributed by atoms with van der Waals surface area (Å²) in [4.78, 5) is 0. The topological polar surface area (TPSA) is 51.8 Å². The van der Waals surface area contributed by atoms with E-state index >= 15 is 0 Å². The zero-order valence-electron chi connectivity index (χ0n) is 9.71. The first-order valence-corrected chi connectivity index (χ1v) is 5.18. The third-order valence-electron chi connectivity index (χ3n) is 2.59. The van der Waals surface area contributed by atoms with Crippen LogP contribution in [0.2, 0.25) is 0 Å². The lowest BCUT2D eigenvalue weighted by atomic mass is 10.0. The van der Waals surface area contributed by atoms with Gasteiger partial charge in [-0.15, -0.1) is 0 Å². The Labute approximate surface area is 99.4 Å². The molecule has 0 spiro atoms. The summed E-state index contributed by atoms with van der Waals surface area (Å²) in [5, 5.41) is 10.2. The van der Waals surface area contributed by atoms with Crippen molar-refractivity contribution in [3.05, 3.63) is 47.9 Å². The number of rotatable bonds is 4. The molecule has 90 valence electrons. The van der Waals surface area contributed by atoms with Crippen LogP contribution in [0.4, 0.5) is 0 Å². The maximum absolute atomic E-state index is 10.2. The smallest absolute Gasteiger partial charge is 0.128 e. The van der Waals surface area contributed by atoms with E-state index in [-0.39, 0.29) is 0 Å². The Morgan fingerprint density at radius 3 is 2.59 bits per heavy atom. The van der Waals surface area contributed by atoms with E-state index < -0.39 is 6.10 Å². The van der Waals surface area contributed by atoms with Crippen LogP contribution in [0.25, 0.3) is 0 Å².